The number of rotatable bonds is 18. The molecule has 0 atom stereocenters. The standard InChI is InChI=1S/C22H42O/c1-2-3-4-5-6-7-8-9-10-11-12-13-14-15-16-17-18-19-20-21-22-23/h4-5,8-9,23H,2-3,6-7,10-22H2,1H3/b5-4+,9-8+. The molecule has 136 valence electrons. The van der Waals surface area contributed by atoms with Gasteiger partial charge < -0.3 is 5.11 Å². The van der Waals surface area contributed by atoms with E-state index in [4.69, 9.17) is 5.11 Å². The van der Waals surface area contributed by atoms with Crippen molar-refractivity contribution in [1.82, 2.24) is 0 Å². The normalized spacial score (nSPS) is 11.9. The topological polar surface area (TPSA) is 20.2 Å². The Labute approximate surface area is 146 Å². The molecule has 1 nitrogen and oxygen atoms in total. The Morgan fingerprint density at radius 1 is 0.478 bits per heavy atom. The van der Waals surface area contributed by atoms with E-state index in [1.807, 2.05) is 0 Å². The molecule has 1 N–H and O–H groups in total. The molecule has 0 aliphatic rings. The van der Waals surface area contributed by atoms with Gasteiger partial charge in [0, 0.05) is 6.61 Å². The zero-order chi connectivity index (χ0) is 16.8. The van der Waals surface area contributed by atoms with E-state index in [9.17, 15) is 0 Å². The van der Waals surface area contributed by atoms with Crippen LogP contribution in [0.15, 0.2) is 24.3 Å². The number of aliphatic hydroxyl groups excluding tert-OH is 1. The molecule has 0 amide bonds. The maximum Gasteiger partial charge on any atom is 0.0431 e. The minimum atomic E-state index is 0.366. The van der Waals surface area contributed by atoms with E-state index >= 15 is 0 Å². The first kappa shape index (κ1) is 22.4. The first-order valence-electron chi connectivity index (χ1n) is 10.3. The third-order valence-corrected chi connectivity index (χ3v) is 4.32. The van der Waals surface area contributed by atoms with Gasteiger partial charge in [0.05, 0.1) is 0 Å². The molecule has 0 bridgehead atoms. The molecule has 0 aliphatic heterocycles. The lowest BCUT2D eigenvalue weighted by atomic mass is 10.1. The lowest BCUT2D eigenvalue weighted by Crippen LogP contribution is -1.84. The minimum Gasteiger partial charge on any atom is -0.396 e. The second-order valence-corrected chi connectivity index (χ2v) is 6.71. The van der Waals surface area contributed by atoms with E-state index in [1.165, 1.54) is 96.3 Å². The predicted molar refractivity (Wildman–Crippen MR) is 105 cm³/mol. The van der Waals surface area contributed by atoms with Gasteiger partial charge in [-0.2, -0.15) is 0 Å². The van der Waals surface area contributed by atoms with Crippen molar-refractivity contribution in [3.8, 4) is 0 Å². The molecule has 0 radical (unpaired) electrons. The Balaban J connectivity index is 3.07. The van der Waals surface area contributed by atoms with Crippen molar-refractivity contribution in [1.29, 1.82) is 0 Å². The van der Waals surface area contributed by atoms with E-state index in [2.05, 4.69) is 31.2 Å². The molecule has 0 saturated heterocycles. The SMILES string of the molecule is CCC/C=C/CC/C=C/CCCCCCCCCCCCCO. The van der Waals surface area contributed by atoms with Crippen molar-refractivity contribution in [3.63, 3.8) is 0 Å². The lowest BCUT2D eigenvalue weighted by molar-refractivity contribution is 0.282. The third-order valence-electron chi connectivity index (χ3n) is 4.32. The molecular formula is C22H42O. The zero-order valence-corrected chi connectivity index (χ0v) is 15.8. The van der Waals surface area contributed by atoms with Gasteiger partial charge in [0.1, 0.15) is 0 Å². The van der Waals surface area contributed by atoms with Gasteiger partial charge in [-0.3, -0.25) is 0 Å². The van der Waals surface area contributed by atoms with Crippen LogP contribution < -0.4 is 0 Å². The van der Waals surface area contributed by atoms with E-state index in [-0.39, 0.29) is 0 Å². The predicted octanol–water partition coefficient (Wildman–Crippen LogP) is 7.35. The number of allylic oxidation sites excluding steroid dienone is 4. The van der Waals surface area contributed by atoms with Crippen LogP contribution in [0.1, 0.15) is 110 Å². The number of aliphatic hydroxyl groups is 1. The number of unbranched alkanes of at least 4 members (excludes halogenated alkanes) is 13. The quantitative estimate of drug-likeness (QED) is 0.206. The fraction of sp³-hybridized carbons (Fsp3) is 0.818. The molecule has 0 saturated carbocycles. The summed E-state index contributed by atoms with van der Waals surface area (Å²) in [6.45, 7) is 2.59. The van der Waals surface area contributed by atoms with E-state index in [0.29, 0.717) is 6.61 Å². The molecule has 0 fully saturated rings. The molecule has 0 aliphatic carbocycles. The molecule has 0 unspecified atom stereocenters. The van der Waals surface area contributed by atoms with E-state index in [0.717, 1.165) is 6.42 Å². The Kier molecular flexibility index (Phi) is 20.9. The molecule has 0 aromatic heterocycles. The second-order valence-electron chi connectivity index (χ2n) is 6.71. The van der Waals surface area contributed by atoms with Crippen LogP contribution in [0.25, 0.3) is 0 Å². The molecule has 0 spiro atoms. The maximum absolute atomic E-state index is 8.70. The van der Waals surface area contributed by atoms with Crippen LogP contribution in [0.5, 0.6) is 0 Å². The van der Waals surface area contributed by atoms with Gasteiger partial charge in [0.25, 0.3) is 0 Å². The fourth-order valence-corrected chi connectivity index (χ4v) is 2.80. The van der Waals surface area contributed by atoms with E-state index < -0.39 is 0 Å². The summed E-state index contributed by atoms with van der Waals surface area (Å²) in [6.07, 6.45) is 30.2. The largest absolute Gasteiger partial charge is 0.396 e. The van der Waals surface area contributed by atoms with Crippen molar-refractivity contribution in [2.75, 3.05) is 6.61 Å². The summed E-state index contributed by atoms with van der Waals surface area (Å²) in [7, 11) is 0. The minimum absolute atomic E-state index is 0.366. The van der Waals surface area contributed by atoms with Crippen LogP contribution >= 0.6 is 0 Å². The van der Waals surface area contributed by atoms with Crippen LogP contribution in [0.3, 0.4) is 0 Å². The molecule has 0 heterocycles. The van der Waals surface area contributed by atoms with E-state index in [1.54, 1.807) is 0 Å². The number of hydrogen-bond donors (Lipinski definition) is 1. The first-order valence-corrected chi connectivity index (χ1v) is 10.3. The summed E-state index contributed by atoms with van der Waals surface area (Å²) in [5.74, 6) is 0. The lowest BCUT2D eigenvalue weighted by Gasteiger charge is -2.02. The second kappa shape index (κ2) is 21.4. The van der Waals surface area contributed by atoms with Gasteiger partial charge in [-0.25, -0.2) is 0 Å². The summed E-state index contributed by atoms with van der Waals surface area (Å²) in [4.78, 5) is 0. The highest BCUT2D eigenvalue weighted by atomic mass is 16.2. The van der Waals surface area contributed by atoms with Crippen molar-refractivity contribution < 1.29 is 5.11 Å². The van der Waals surface area contributed by atoms with Crippen molar-refractivity contribution in [2.24, 2.45) is 0 Å². The monoisotopic (exact) mass is 322 g/mol. The van der Waals surface area contributed by atoms with Gasteiger partial charge in [0.2, 0.25) is 0 Å². The molecule has 0 rings (SSSR count). The summed E-state index contributed by atoms with van der Waals surface area (Å²) in [5.41, 5.74) is 0. The van der Waals surface area contributed by atoms with Crippen LogP contribution in [0.2, 0.25) is 0 Å². The summed E-state index contributed by atoms with van der Waals surface area (Å²) < 4.78 is 0. The fourth-order valence-electron chi connectivity index (χ4n) is 2.80. The number of hydrogen-bond acceptors (Lipinski definition) is 1. The highest BCUT2D eigenvalue weighted by molar-refractivity contribution is 4.87. The van der Waals surface area contributed by atoms with Crippen molar-refractivity contribution in [2.45, 2.75) is 110 Å². The van der Waals surface area contributed by atoms with Crippen LogP contribution in [-0.4, -0.2) is 11.7 Å². The molecule has 0 aromatic rings. The highest BCUT2D eigenvalue weighted by Crippen LogP contribution is 2.12. The Bertz CT molecular complexity index is 255. The average Bonchev–Trinajstić information content (AvgIpc) is 2.57. The van der Waals surface area contributed by atoms with Crippen LogP contribution in [-0.2, 0) is 0 Å². The highest BCUT2D eigenvalue weighted by Gasteiger charge is 1.93. The van der Waals surface area contributed by atoms with Gasteiger partial charge in [-0.1, -0.05) is 95.4 Å². The van der Waals surface area contributed by atoms with Gasteiger partial charge in [-0.15, -0.1) is 0 Å². The molecule has 1 heteroatoms. The molecule has 23 heavy (non-hydrogen) atoms. The van der Waals surface area contributed by atoms with Gasteiger partial charge >= 0.3 is 0 Å². The molecule has 0 aromatic carbocycles. The van der Waals surface area contributed by atoms with Crippen LogP contribution in [0, 0.1) is 0 Å². The third kappa shape index (κ3) is 21.4. The van der Waals surface area contributed by atoms with Gasteiger partial charge in [-0.05, 0) is 38.5 Å². The smallest absolute Gasteiger partial charge is 0.0431 e. The van der Waals surface area contributed by atoms with Crippen molar-refractivity contribution >= 4 is 0 Å². The summed E-state index contributed by atoms with van der Waals surface area (Å²) in [6, 6.07) is 0. The maximum atomic E-state index is 8.70. The zero-order valence-electron chi connectivity index (χ0n) is 15.8. The summed E-state index contributed by atoms with van der Waals surface area (Å²) >= 11 is 0. The molecular weight excluding hydrogens is 280 g/mol. The average molecular weight is 323 g/mol. The van der Waals surface area contributed by atoms with Gasteiger partial charge in [0.15, 0.2) is 0 Å². The Morgan fingerprint density at radius 2 is 0.870 bits per heavy atom. The Morgan fingerprint density at radius 3 is 1.35 bits per heavy atom. The van der Waals surface area contributed by atoms with Crippen molar-refractivity contribution in [3.05, 3.63) is 24.3 Å². The first-order chi connectivity index (χ1) is 11.4. The van der Waals surface area contributed by atoms with Crippen LogP contribution in [0.4, 0.5) is 0 Å². The Hall–Kier alpha value is -0.560. The summed E-state index contributed by atoms with van der Waals surface area (Å²) in [5, 5.41) is 8.70.